The Labute approximate surface area is 170 Å². The summed E-state index contributed by atoms with van der Waals surface area (Å²) in [5.41, 5.74) is 1.33. The molecule has 0 aliphatic carbocycles. The third-order valence-electron chi connectivity index (χ3n) is 4.76. The van der Waals surface area contributed by atoms with Crippen LogP contribution in [0.25, 0.3) is 0 Å². The third kappa shape index (κ3) is 4.45. The van der Waals surface area contributed by atoms with Gasteiger partial charge in [0, 0.05) is 32.4 Å². The van der Waals surface area contributed by atoms with E-state index in [1.807, 2.05) is 25.1 Å². The molecule has 4 rings (SSSR count). The zero-order valence-electron chi connectivity index (χ0n) is 16.1. The molecule has 0 bridgehead atoms. The minimum absolute atomic E-state index is 0.206. The van der Waals surface area contributed by atoms with E-state index >= 15 is 0 Å². The Kier molecular flexibility index (Phi) is 5.30. The number of anilines is 3. The molecule has 1 saturated heterocycles. The molecule has 1 aliphatic heterocycles. The second-order valence-corrected chi connectivity index (χ2v) is 8.53. The lowest BCUT2D eigenvalue weighted by Crippen LogP contribution is -2.47. The van der Waals surface area contributed by atoms with Gasteiger partial charge in [-0.1, -0.05) is 23.8 Å². The van der Waals surface area contributed by atoms with E-state index in [4.69, 9.17) is 0 Å². The Morgan fingerprint density at radius 2 is 1.52 bits per heavy atom. The van der Waals surface area contributed by atoms with E-state index in [1.54, 1.807) is 30.5 Å². The molecule has 0 atom stereocenters. The van der Waals surface area contributed by atoms with Gasteiger partial charge in [0.1, 0.15) is 5.82 Å². The summed E-state index contributed by atoms with van der Waals surface area (Å²) in [5.74, 6) is 1.55. The molecule has 150 valence electrons. The van der Waals surface area contributed by atoms with E-state index in [2.05, 4.69) is 29.5 Å². The summed E-state index contributed by atoms with van der Waals surface area (Å²) in [6.45, 7) is 5.09. The molecule has 1 aliphatic rings. The van der Waals surface area contributed by atoms with Crippen LogP contribution in [-0.4, -0.2) is 49.5 Å². The van der Waals surface area contributed by atoms with Crippen molar-refractivity contribution >= 4 is 27.5 Å². The van der Waals surface area contributed by atoms with Crippen LogP contribution in [0.1, 0.15) is 5.56 Å². The van der Waals surface area contributed by atoms with Crippen molar-refractivity contribution in [2.45, 2.75) is 11.8 Å². The summed E-state index contributed by atoms with van der Waals surface area (Å²) < 4.78 is 27.5. The van der Waals surface area contributed by atoms with Crippen LogP contribution in [0.15, 0.2) is 66.0 Å². The fourth-order valence-corrected chi connectivity index (χ4v) is 4.17. The normalized spacial score (nSPS) is 14.7. The van der Waals surface area contributed by atoms with Gasteiger partial charge in [0.15, 0.2) is 0 Å². The summed E-state index contributed by atoms with van der Waals surface area (Å²) in [6.07, 6.45) is 4.79. The van der Waals surface area contributed by atoms with Crippen molar-refractivity contribution in [3.8, 4) is 0 Å². The predicted octanol–water partition coefficient (Wildman–Crippen LogP) is 2.31. The molecule has 29 heavy (non-hydrogen) atoms. The quantitative estimate of drug-likeness (QED) is 0.690. The summed E-state index contributed by atoms with van der Waals surface area (Å²) in [4.78, 5) is 17.6. The first-order chi connectivity index (χ1) is 14.0. The number of hydrogen-bond acceptors (Lipinski definition) is 7. The fraction of sp³-hybridized carbons (Fsp3) is 0.250. The lowest BCUT2D eigenvalue weighted by molar-refractivity contribution is 0.601. The summed E-state index contributed by atoms with van der Waals surface area (Å²) in [7, 11) is -3.66. The first-order valence-corrected chi connectivity index (χ1v) is 10.8. The second-order valence-electron chi connectivity index (χ2n) is 6.85. The minimum Gasteiger partial charge on any atom is -0.353 e. The van der Waals surface area contributed by atoms with Gasteiger partial charge in [-0.05, 0) is 31.2 Å². The number of nitrogens with zero attached hydrogens (tertiary/aromatic N) is 5. The third-order valence-corrected chi connectivity index (χ3v) is 6.15. The first kappa shape index (κ1) is 19.1. The van der Waals surface area contributed by atoms with E-state index in [-0.39, 0.29) is 4.90 Å². The van der Waals surface area contributed by atoms with Crippen molar-refractivity contribution in [1.82, 2.24) is 15.0 Å². The van der Waals surface area contributed by atoms with E-state index in [0.29, 0.717) is 11.6 Å². The number of hydrogen-bond donors (Lipinski definition) is 1. The number of piperazine rings is 1. The van der Waals surface area contributed by atoms with Crippen LogP contribution in [0.2, 0.25) is 0 Å². The second kappa shape index (κ2) is 8.04. The highest BCUT2D eigenvalue weighted by molar-refractivity contribution is 7.92. The standard InChI is InChI=1S/C20H22N6O2S/c1-16-5-7-18(8-6-16)29(27,28)24-17-14-22-20(23-15-17)26-12-10-25(11-13-26)19-4-2-3-9-21-19/h2-9,14-15,24H,10-13H2,1H3. The topological polar surface area (TPSA) is 91.3 Å². The van der Waals surface area contributed by atoms with Gasteiger partial charge in [0.25, 0.3) is 10.0 Å². The Bertz CT molecular complexity index is 1050. The van der Waals surface area contributed by atoms with Gasteiger partial charge < -0.3 is 9.80 Å². The van der Waals surface area contributed by atoms with E-state index in [1.165, 1.54) is 12.4 Å². The molecule has 3 heterocycles. The Balaban J connectivity index is 1.39. The van der Waals surface area contributed by atoms with Gasteiger partial charge in [-0.15, -0.1) is 0 Å². The number of sulfonamides is 1. The van der Waals surface area contributed by atoms with E-state index in [9.17, 15) is 8.42 Å². The average Bonchev–Trinajstić information content (AvgIpc) is 2.75. The lowest BCUT2D eigenvalue weighted by Gasteiger charge is -2.35. The Hall–Kier alpha value is -3.20. The smallest absolute Gasteiger partial charge is 0.261 e. The Morgan fingerprint density at radius 1 is 0.862 bits per heavy atom. The number of rotatable bonds is 5. The summed E-state index contributed by atoms with van der Waals surface area (Å²) >= 11 is 0. The molecule has 8 nitrogen and oxygen atoms in total. The molecule has 0 amide bonds. The van der Waals surface area contributed by atoms with Crippen LogP contribution >= 0.6 is 0 Å². The van der Waals surface area contributed by atoms with Gasteiger partial charge >= 0.3 is 0 Å². The number of aromatic nitrogens is 3. The van der Waals surface area contributed by atoms with Crippen molar-refractivity contribution < 1.29 is 8.42 Å². The van der Waals surface area contributed by atoms with Gasteiger partial charge in [-0.3, -0.25) is 4.72 Å². The van der Waals surface area contributed by atoms with Crippen molar-refractivity contribution in [3.63, 3.8) is 0 Å². The van der Waals surface area contributed by atoms with Crippen molar-refractivity contribution in [2.75, 3.05) is 40.7 Å². The number of aryl methyl sites for hydroxylation is 1. The lowest BCUT2D eigenvalue weighted by atomic mass is 10.2. The molecule has 0 unspecified atom stereocenters. The molecule has 3 aromatic rings. The SMILES string of the molecule is Cc1ccc(S(=O)(=O)Nc2cnc(N3CCN(c4ccccn4)CC3)nc2)cc1. The molecule has 1 N–H and O–H groups in total. The molecular formula is C20H22N6O2S. The highest BCUT2D eigenvalue weighted by Gasteiger charge is 2.20. The van der Waals surface area contributed by atoms with Crippen LogP contribution in [0.3, 0.4) is 0 Å². The molecule has 1 fully saturated rings. The monoisotopic (exact) mass is 410 g/mol. The van der Waals surface area contributed by atoms with Crippen LogP contribution in [0, 0.1) is 6.92 Å². The molecular weight excluding hydrogens is 388 g/mol. The van der Waals surface area contributed by atoms with Crippen molar-refractivity contribution in [2.24, 2.45) is 0 Å². The molecule has 1 aromatic carbocycles. The zero-order chi connectivity index (χ0) is 20.3. The predicted molar refractivity (Wildman–Crippen MR) is 113 cm³/mol. The highest BCUT2D eigenvalue weighted by atomic mass is 32.2. The van der Waals surface area contributed by atoms with Gasteiger partial charge in [-0.25, -0.2) is 23.4 Å². The van der Waals surface area contributed by atoms with Gasteiger partial charge in [-0.2, -0.15) is 0 Å². The number of nitrogens with one attached hydrogen (secondary N) is 1. The van der Waals surface area contributed by atoms with Crippen LogP contribution < -0.4 is 14.5 Å². The maximum atomic E-state index is 12.5. The van der Waals surface area contributed by atoms with E-state index in [0.717, 1.165) is 37.6 Å². The van der Waals surface area contributed by atoms with Gasteiger partial charge in [0.05, 0.1) is 23.0 Å². The number of pyridine rings is 1. The van der Waals surface area contributed by atoms with Gasteiger partial charge in [0.2, 0.25) is 5.95 Å². The first-order valence-electron chi connectivity index (χ1n) is 9.34. The number of benzene rings is 1. The maximum absolute atomic E-state index is 12.5. The van der Waals surface area contributed by atoms with Crippen molar-refractivity contribution in [3.05, 3.63) is 66.6 Å². The summed E-state index contributed by atoms with van der Waals surface area (Å²) in [5, 5.41) is 0. The molecule has 2 aromatic heterocycles. The Morgan fingerprint density at radius 3 is 2.14 bits per heavy atom. The minimum atomic E-state index is -3.66. The molecule has 0 saturated carbocycles. The maximum Gasteiger partial charge on any atom is 0.261 e. The average molecular weight is 411 g/mol. The highest BCUT2D eigenvalue weighted by Crippen LogP contribution is 2.19. The van der Waals surface area contributed by atoms with Crippen molar-refractivity contribution in [1.29, 1.82) is 0 Å². The van der Waals surface area contributed by atoms with E-state index < -0.39 is 10.0 Å². The molecule has 0 radical (unpaired) electrons. The molecule has 0 spiro atoms. The zero-order valence-corrected chi connectivity index (χ0v) is 16.9. The van der Waals surface area contributed by atoms with Crippen LogP contribution in [-0.2, 0) is 10.0 Å². The molecule has 9 heteroatoms. The largest absolute Gasteiger partial charge is 0.353 e. The fourth-order valence-electron chi connectivity index (χ4n) is 3.15. The van der Waals surface area contributed by atoms with Crippen LogP contribution in [0.4, 0.5) is 17.5 Å². The van der Waals surface area contributed by atoms with Crippen LogP contribution in [0.5, 0.6) is 0 Å². The summed E-state index contributed by atoms with van der Waals surface area (Å²) in [6, 6.07) is 12.6.